The average molecular weight is 882 g/mol. The Morgan fingerprint density at radius 1 is 0.541 bits per heavy atom. The molecule has 0 aromatic rings. The minimum absolute atomic E-state index is 0.145. The molecular formula is C49H88NO10P. The van der Waals surface area contributed by atoms with E-state index >= 15 is 0 Å². The topological polar surface area (TPSA) is 169 Å². The molecule has 0 saturated heterocycles. The van der Waals surface area contributed by atoms with Crippen LogP contribution in [0.1, 0.15) is 213 Å². The number of phosphoric acid groups is 1. The predicted molar refractivity (Wildman–Crippen MR) is 249 cm³/mol. The molecule has 3 atom stereocenters. The summed E-state index contributed by atoms with van der Waals surface area (Å²) in [5.74, 6) is -2.41. The van der Waals surface area contributed by atoms with Gasteiger partial charge in [-0.05, 0) is 51.4 Å². The van der Waals surface area contributed by atoms with Crippen molar-refractivity contribution < 1.29 is 47.8 Å². The molecule has 12 heteroatoms. The molecular weight excluding hydrogens is 794 g/mol. The fourth-order valence-electron chi connectivity index (χ4n) is 6.66. The molecule has 0 aromatic heterocycles. The number of carbonyl (C=O) groups is 3. The lowest BCUT2D eigenvalue weighted by Crippen LogP contribution is -2.43. The SMILES string of the molecule is CC/C=C\C/C=C\C/C=C\C/C=C\CCCCC(=O)OCC(O)COP(=O)(O)OCC(NC(=O)CCCCCCCCCCCCCCCCCCCCCCCC)C(=O)O. The zero-order chi connectivity index (χ0) is 44.9. The number of amides is 1. The number of esters is 1. The molecule has 1 amide bonds. The van der Waals surface area contributed by atoms with E-state index < -0.39 is 57.6 Å². The summed E-state index contributed by atoms with van der Waals surface area (Å²) in [5, 5.41) is 21.9. The third-order valence-corrected chi connectivity index (χ3v) is 11.3. The summed E-state index contributed by atoms with van der Waals surface area (Å²) in [5.41, 5.74) is 0. The van der Waals surface area contributed by atoms with Gasteiger partial charge in [-0.1, -0.05) is 197 Å². The Balaban J connectivity index is 3.86. The molecule has 61 heavy (non-hydrogen) atoms. The Morgan fingerprint density at radius 3 is 1.41 bits per heavy atom. The lowest BCUT2D eigenvalue weighted by molar-refractivity contribution is -0.147. The van der Waals surface area contributed by atoms with Crippen LogP contribution in [0.25, 0.3) is 0 Å². The van der Waals surface area contributed by atoms with Gasteiger partial charge in [-0.25, -0.2) is 9.36 Å². The molecule has 354 valence electrons. The number of aliphatic hydroxyl groups is 1. The standard InChI is InChI=1S/C49H88NO10P/c1-3-5-7-9-11-13-15-17-19-20-21-22-23-24-25-27-28-30-32-34-36-38-40-47(52)50-46(49(54)55)44-60-61(56,57)59-43-45(51)42-58-48(53)41-39-37-35-33-31-29-26-18-16-14-12-10-8-6-4-2/h6,8,12,14,18,26,31,33,45-46,51H,3-5,7,9-11,13,15-17,19-25,27-30,32,34-44H2,1-2H3,(H,50,52)(H,54,55)(H,56,57)/b8-6-,14-12-,26-18-,33-31-. The van der Waals surface area contributed by atoms with Crippen molar-refractivity contribution in [2.75, 3.05) is 19.8 Å². The maximum atomic E-state index is 12.4. The molecule has 11 nitrogen and oxygen atoms in total. The first-order valence-electron chi connectivity index (χ1n) is 24.2. The van der Waals surface area contributed by atoms with Crippen molar-refractivity contribution in [1.82, 2.24) is 5.32 Å². The van der Waals surface area contributed by atoms with E-state index in [-0.39, 0.29) is 12.8 Å². The van der Waals surface area contributed by atoms with Crippen LogP contribution in [0.15, 0.2) is 48.6 Å². The number of allylic oxidation sites excluding steroid dienone is 8. The number of phosphoric ester groups is 1. The van der Waals surface area contributed by atoms with Crippen molar-refractivity contribution >= 4 is 25.7 Å². The number of unbranched alkanes of at least 4 members (excludes halogenated alkanes) is 23. The lowest BCUT2D eigenvalue weighted by Gasteiger charge is -2.18. The summed E-state index contributed by atoms with van der Waals surface area (Å²) < 4.78 is 26.8. The van der Waals surface area contributed by atoms with Gasteiger partial charge in [-0.15, -0.1) is 0 Å². The van der Waals surface area contributed by atoms with Crippen LogP contribution >= 0.6 is 7.82 Å². The van der Waals surface area contributed by atoms with E-state index in [1.165, 1.54) is 116 Å². The Morgan fingerprint density at radius 2 is 0.951 bits per heavy atom. The maximum absolute atomic E-state index is 12.4. The molecule has 0 aromatic carbocycles. The van der Waals surface area contributed by atoms with Gasteiger partial charge in [0.15, 0.2) is 6.04 Å². The van der Waals surface area contributed by atoms with Gasteiger partial charge in [-0.3, -0.25) is 18.6 Å². The second-order valence-electron chi connectivity index (χ2n) is 16.3. The summed E-state index contributed by atoms with van der Waals surface area (Å²) in [6, 6.07) is -1.55. The molecule has 0 rings (SSSR count). The van der Waals surface area contributed by atoms with E-state index in [9.17, 15) is 34.1 Å². The maximum Gasteiger partial charge on any atom is 0.472 e. The minimum Gasteiger partial charge on any atom is -0.480 e. The van der Waals surface area contributed by atoms with E-state index in [1.807, 2.05) is 0 Å². The van der Waals surface area contributed by atoms with Crippen molar-refractivity contribution in [3.8, 4) is 0 Å². The molecule has 0 saturated carbocycles. The molecule has 0 spiro atoms. The average Bonchev–Trinajstić information content (AvgIpc) is 3.24. The first kappa shape index (κ1) is 58.4. The molecule has 0 fully saturated rings. The second-order valence-corrected chi connectivity index (χ2v) is 17.7. The monoisotopic (exact) mass is 882 g/mol. The smallest absolute Gasteiger partial charge is 0.472 e. The Hall–Kier alpha value is -2.56. The molecule has 4 N–H and O–H groups in total. The molecule has 0 aliphatic carbocycles. The van der Waals surface area contributed by atoms with E-state index in [0.717, 1.165) is 57.8 Å². The van der Waals surface area contributed by atoms with Gasteiger partial charge >= 0.3 is 19.8 Å². The highest BCUT2D eigenvalue weighted by Crippen LogP contribution is 2.43. The van der Waals surface area contributed by atoms with Crippen LogP contribution in [-0.4, -0.2) is 64.9 Å². The fraction of sp³-hybridized carbons (Fsp3) is 0.776. The number of carboxylic acid groups (broad SMARTS) is 1. The molecule has 0 radical (unpaired) electrons. The van der Waals surface area contributed by atoms with Crippen molar-refractivity contribution in [1.29, 1.82) is 0 Å². The third kappa shape index (κ3) is 43.9. The first-order chi connectivity index (χ1) is 29.6. The number of hydrogen-bond acceptors (Lipinski definition) is 8. The van der Waals surface area contributed by atoms with Crippen LogP contribution < -0.4 is 5.32 Å². The minimum atomic E-state index is -4.77. The van der Waals surface area contributed by atoms with Crippen molar-refractivity contribution in [2.45, 2.75) is 225 Å². The van der Waals surface area contributed by atoms with E-state index in [0.29, 0.717) is 12.8 Å². The summed E-state index contributed by atoms with van der Waals surface area (Å²) in [4.78, 5) is 46.0. The first-order valence-corrected chi connectivity index (χ1v) is 25.7. The van der Waals surface area contributed by atoms with Crippen LogP contribution in [0.5, 0.6) is 0 Å². The number of carboxylic acids is 1. The second kappa shape index (κ2) is 44.1. The van der Waals surface area contributed by atoms with Crippen LogP contribution in [-0.2, 0) is 32.7 Å². The number of ether oxygens (including phenoxy) is 1. The van der Waals surface area contributed by atoms with Gasteiger partial charge in [-0.2, -0.15) is 0 Å². The summed E-state index contributed by atoms with van der Waals surface area (Å²) in [6.45, 7) is 2.46. The number of hydrogen-bond donors (Lipinski definition) is 4. The molecule has 0 aliphatic heterocycles. The van der Waals surface area contributed by atoms with Gasteiger partial charge < -0.3 is 25.2 Å². The lowest BCUT2D eigenvalue weighted by atomic mass is 10.0. The van der Waals surface area contributed by atoms with Gasteiger partial charge in [0, 0.05) is 12.8 Å². The Kier molecular flexibility index (Phi) is 42.2. The van der Waals surface area contributed by atoms with E-state index in [4.69, 9.17) is 13.8 Å². The molecule has 0 heterocycles. The van der Waals surface area contributed by atoms with E-state index in [2.05, 4.69) is 67.8 Å². The number of nitrogens with one attached hydrogen (secondary N) is 1. The van der Waals surface area contributed by atoms with Crippen molar-refractivity contribution in [3.05, 3.63) is 48.6 Å². The number of rotatable bonds is 45. The van der Waals surface area contributed by atoms with Gasteiger partial charge in [0.05, 0.1) is 13.2 Å². The zero-order valence-corrected chi connectivity index (χ0v) is 39.4. The normalized spacial score (nSPS) is 14.0. The van der Waals surface area contributed by atoms with Crippen LogP contribution in [0.4, 0.5) is 0 Å². The number of aliphatic carboxylic acids is 1. The van der Waals surface area contributed by atoms with Gasteiger partial charge in [0.1, 0.15) is 12.7 Å². The summed E-state index contributed by atoms with van der Waals surface area (Å²) in [7, 11) is -4.77. The number of aliphatic hydroxyl groups excluding tert-OH is 1. The van der Waals surface area contributed by atoms with Crippen molar-refractivity contribution in [3.63, 3.8) is 0 Å². The highest BCUT2D eigenvalue weighted by molar-refractivity contribution is 7.47. The van der Waals surface area contributed by atoms with Crippen LogP contribution in [0.2, 0.25) is 0 Å². The fourth-order valence-corrected chi connectivity index (χ4v) is 7.43. The van der Waals surface area contributed by atoms with Gasteiger partial charge in [0.25, 0.3) is 0 Å². The highest BCUT2D eigenvalue weighted by Gasteiger charge is 2.28. The summed E-state index contributed by atoms with van der Waals surface area (Å²) in [6.07, 6.45) is 50.0. The highest BCUT2D eigenvalue weighted by atomic mass is 31.2. The summed E-state index contributed by atoms with van der Waals surface area (Å²) >= 11 is 0. The third-order valence-electron chi connectivity index (χ3n) is 10.4. The molecule has 0 aliphatic rings. The van der Waals surface area contributed by atoms with Crippen LogP contribution in [0.3, 0.4) is 0 Å². The molecule has 0 bridgehead atoms. The quantitative estimate of drug-likeness (QED) is 0.0200. The van der Waals surface area contributed by atoms with Crippen LogP contribution in [0, 0.1) is 0 Å². The zero-order valence-electron chi connectivity index (χ0n) is 38.5. The largest absolute Gasteiger partial charge is 0.480 e. The van der Waals surface area contributed by atoms with E-state index in [1.54, 1.807) is 0 Å². The Labute approximate surface area is 371 Å². The van der Waals surface area contributed by atoms with Crippen molar-refractivity contribution in [2.24, 2.45) is 0 Å². The Bertz CT molecular complexity index is 1220. The predicted octanol–water partition coefficient (Wildman–Crippen LogP) is 13.0. The number of carbonyl (C=O) groups excluding carboxylic acids is 2. The van der Waals surface area contributed by atoms with Gasteiger partial charge in [0.2, 0.25) is 5.91 Å². The molecule has 3 unspecified atom stereocenters.